The molecule has 0 aliphatic heterocycles. The first-order valence-electron chi connectivity index (χ1n) is 12.2. The van der Waals surface area contributed by atoms with Gasteiger partial charge in [0.2, 0.25) is 0 Å². The Bertz CT molecular complexity index is 1690. The van der Waals surface area contributed by atoms with E-state index in [2.05, 4.69) is 16.0 Å². The van der Waals surface area contributed by atoms with E-state index in [0.29, 0.717) is 22.6 Å². The normalized spacial score (nSPS) is 14.4. The molecule has 1 atom stereocenters. The zero-order chi connectivity index (χ0) is 25.7. The molecular weight excluding hydrogens is 576 g/mol. The highest BCUT2D eigenvalue weighted by Gasteiger charge is 2.35. The van der Waals surface area contributed by atoms with E-state index < -0.39 is 5.54 Å². The predicted octanol–water partition coefficient (Wildman–Crippen LogP) is 6.61. The van der Waals surface area contributed by atoms with Gasteiger partial charge in [0.1, 0.15) is 10.7 Å². The summed E-state index contributed by atoms with van der Waals surface area (Å²) in [5.74, 6) is 0.542. The molecular formula is C29H27Cl4N5O. The maximum absolute atomic E-state index is 13.3. The van der Waals surface area contributed by atoms with Crippen LogP contribution in [0.2, 0.25) is 10.2 Å². The Labute approximate surface area is 248 Å². The summed E-state index contributed by atoms with van der Waals surface area (Å²) in [5.41, 5.74) is 11.2. The Hall–Kier alpha value is -2.87. The van der Waals surface area contributed by atoms with Crippen molar-refractivity contribution in [2.75, 3.05) is 0 Å². The molecule has 0 radical (unpaired) electrons. The third-order valence-electron chi connectivity index (χ3n) is 7.24. The van der Waals surface area contributed by atoms with Gasteiger partial charge >= 0.3 is 0 Å². The molecule has 39 heavy (non-hydrogen) atoms. The highest BCUT2D eigenvalue weighted by molar-refractivity contribution is 6.31. The molecule has 2 aromatic carbocycles. The van der Waals surface area contributed by atoms with E-state index in [1.165, 1.54) is 0 Å². The molecule has 10 heteroatoms. The number of nitrogens with two attached hydrogens (primary N) is 1. The molecule has 6 rings (SSSR count). The largest absolute Gasteiger partial charge is 0.336 e. The SMILES string of the molecule is Cl.Cl.Cn1cncc1C(N)(c1ccc(Cl)nc1)c1ccc2c(c1)c(-c1cccc(Cl)c1)cc(=O)n2CC1CC1. The summed E-state index contributed by atoms with van der Waals surface area (Å²) in [6.45, 7) is 0.709. The van der Waals surface area contributed by atoms with Crippen molar-refractivity contribution in [2.45, 2.75) is 24.9 Å². The van der Waals surface area contributed by atoms with Gasteiger partial charge in [-0.2, -0.15) is 0 Å². The summed E-state index contributed by atoms with van der Waals surface area (Å²) >= 11 is 12.5. The first-order chi connectivity index (χ1) is 17.8. The number of aryl methyl sites for hydroxylation is 1. The van der Waals surface area contributed by atoms with Crippen LogP contribution in [0.15, 0.2) is 84.2 Å². The van der Waals surface area contributed by atoms with E-state index in [9.17, 15) is 4.79 Å². The fourth-order valence-corrected chi connectivity index (χ4v) is 5.38. The molecule has 0 saturated heterocycles. The van der Waals surface area contributed by atoms with Crippen molar-refractivity contribution < 1.29 is 0 Å². The van der Waals surface area contributed by atoms with Crippen molar-refractivity contribution in [2.24, 2.45) is 18.7 Å². The Balaban J connectivity index is 0.00000176. The molecule has 2 N–H and O–H groups in total. The van der Waals surface area contributed by atoms with Crippen LogP contribution in [0.4, 0.5) is 0 Å². The predicted molar refractivity (Wildman–Crippen MR) is 162 cm³/mol. The summed E-state index contributed by atoms with van der Waals surface area (Å²) < 4.78 is 3.79. The van der Waals surface area contributed by atoms with E-state index in [-0.39, 0.29) is 30.4 Å². The van der Waals surface area contributed by atoms with Gasteiger partial charge in [0.05, 0.1) is 23.7 Å². The number of benzene rings is 2. The van der Waals surface area contributed by atoms with Crippen LogP contribution in [-0.2, 0) is 19.1 Å². The fraction of sp³-hybridized carbons (Fsp3) is 0.207. The highest BCUT2D eigenvalue weighted by atomic mass is 35.5. The topological polar surface area (TPSA) is 78.7 Å². The Morgan fingerprint density at radius 1 is 1.00 bits per heavy atom. The number of pyridine rings is 2. The summed E-state index contributed by atoms with van der Waals surface area (Å²) in [7, 11) is 1.92. The molecule has 0 spiro atoms. The van der Waals surface area contributed by atoms with Crippen LogP contribution in [0.25, 0.3) is 22.0 Å². The molecule has 3 heterocycles. The van der Waals surface area contributed by atoms with Gasteiger partial charge in [-0.15, -0.1) is 24.8 Å². The van der Waals surface area contributed by atoms with Gasteiger partial charge in [-0.3, -0.25) is 4.79 Å². The van der Waals surface area contributed by atoms with Crippen LogP contribution in [0.3, 0.4) is 0 Å². The zero-order valence-electron chi connectivity index (χ0n) is 21.1. The van der Waals surface area contributed by atoms with Crippen LogP contribution in [-0.4, -0.2) is 19.1 Å². The van der Waals surface area contributed by atoms with Crippen LogP contribution in [0, 0.1) is 5.92 Å². The van der Waals surface area contributed by atoms with E-state index in [0.717, 1.165) is 51.7 Å². The second-order valence-corrected chi connectivity index (χ2v) is 10.6. The Morgan fingerprint density at radius 2 is 1.77 bits per heavy atom. The van der Waals surface area contributed by atoms with Crippen LogP contribution >= 0.6 is 48.0 Å². The summed E-state index contributed by atoms with van der Waals surface area (Å²) in [4.78, 5) is 22.0. The lowest BCUT2D eigenvalue weighted by Gasteiger charge is -2.31. The molecule has 1 saturated carbocycles. The van der Waals surface area contributed by atoms with E-state index in [4.69, 9.17) is 28.9 Å². The van der Waals surface area contributed by atoms with Crippen LogP contribution in [0.5, 0.6) is 0 Å². The molecule has 6 nitrogen and oxygen atoms in total. The molecule has 0 amide bonds. The number of hydrogen-bond acceptors (Lipinski definition) is 4. The minimum atomic E-state index is -1.07. The summed E-state index contributed by atoms with van der Waals surface area (Å²) in [6.07, 6.45) is 7.50. The van der Waals surface area contributed by atoms with Gasteiger partial charge in [-0.1, -0.05) is 47.5 Å². The van der Waals surface area contributed by atoms with E-state index >= 15 is 0 Å². The van der Waals surface area contributed by atoms with Crippen molar-refractivity contribution in [3.8, 4) is 11.1 Å². The molecule has 1 aliphatic rings. The van der Waals surface area contributed by atoms with Gasteiger partial charge in [0.25, 0.3) is 5.56 Å². The number of nitrogens with zero attached hydrogens (tertiary/aromatic N) is 4. The molecule has 3 aromatic heterocycles. The van der Waals surface area contributed by atoms with Crippen LogP contribution < -0.4 is 11.3 Å². The van der Waals surface area contributed by atoms with E-state index in [1.54, 1.807) is 30.9 Å². The van der Waals surface area contributed by atoms with Crippen molar-refractivity contribution in [1.29, 1.82) is 0 Å². The van der Waals surface area contributed by atoms with Crippen LogP contribution in [0.1, 0.15) is 29.7 Å². The third-order valence-corrected chi connectivity index (χ3v) is 7.70. The molecule has 5 aromatic rings. The molecule has 1 fully saturated rings. The van der Waals surface area contributed by atoms with Gasteiger partial charge in [-0.25, -0.2) is 9.97 Å². The lowest BCUT2D eigenvalue weighted by Crippen LogP contribution is -2.41. The Kier molecular flexibility index (Phi) is 8.45. The lowest BCUT2D eigenvalue weighted by atomic mass is 9.81. The van der Waals surface area contributed by atoms with Gasteiger partial charge in [-0.05, 0) is 65.8 Å². The minimum Gasteiger partial charge on any atom is -0.336 e. The van der Waals surface area contributed by atoms with Crippen molar-refractivity contribution in [3.05, 3.63) is 117 Å². The van der Waals surface area contributed by atoms with Gasteiger partial charge < -0.3 is 14.9 Å². The second-order valence-electron chi connectivity index (χ2n) is 9.76. The number of halogens is 4. The Morgan fingerprint density at radius 3 is 2.41 bits per heavy atom. The number of hydrogen-bond donors (Lipinski definition) is 1. The van der Waals surface area contributed by atoms with Crippen molar-refractivity contribution in [3.63, 3.8) is 0 Å². The second kappa shape index (κ2) is 11.3. The number of imidazole rings is 1. The summed E-state index contributed by atoms with van der Waals surface area (Å²) in [6, 6.07) is 19.0. The molecule has 202 valence electrons. The standard InChI is InChI=1S/C29H25Cl2N5O.2ClH/c1-35-17-33-15-26(35)29(32,21-8-10-27(31)34-14-21)20-7-9-25-24(12-20)23(19-3-2-4-22(30)11-19)13-28(37)36(25)16-18-5-6-18;;/h2-4,7-15,17-18H,5-6,16,32H2,1H3;2*1H. The molecule has 1 aliphatic carbocycles. The van der Waals surface area contributed by atoms with Crippen molar-refractivity contribution in [1.82, 2.24) is 19.1 Å². The first-order valence-corrected chi connectivity index (χ1v) is 12.9. The fourth-order valence-electron chi connectivity index (χ4n) is 5.08. The highest BCUT2D eigenvalue weighted by Crippen LogP contribution is 2.38. The lowest BCUT2D eigenvalue weighted by molar-refractivity contribution is 0.593. The first kappa shape index (κ1) is 29.1. The third kappa shape index (κ3) is 5.32. The van der Waals surface area contributed by atoms with Gasteiger partial charge in [0, 0.05) is 41.8 Å². The van der Waals surface area contributed by atoms with Gasteiger partial charge in [0.15, 0.2) is 0 Å². The smallest absolute Gasteiger partial charge is 0.251 e. The maximum Gasteiger partial charge on any atom is 0.251 e. The maximum atomic E-state index is 13.3. The summed E-state index contributed by atoms with van der Waals surface area (Å²) in [5, 5.41) is 1.93. The zero-order valence-corrected chi connectivity index (χ0v) is 24.2. The van der Waals surface area contributed by atoms with E-state index in [1.807, 2.05) is 58.6 Å². The minimum absolute atomic E-state index is 0. The number of rotatable bonds is 6. The molecule has 0 bridgehead atoms. The number of aromatic nitrogens is 4. The monoisotopic (exact) mass is 601 g/mol. The average Bonchev–Trinajstić information content (AvgIpc) is 3.62. The number of fused-ring (bicyclic) bond motifs is 1. The van der Waals surface area contributed by atoms with Crippen molar-refractivity contribution >= 4 is 58.9 Å². The molecule has 1 unspecified atom stereocenters. The average molecular weight is 603 g/mol. The quantitative estimate of drug-likeness (QED) is 0.222.